The molecule has 1 aliphatic heterocycles. The Morgan fingerprint density at radius 2 is 2.23 bits per heavy atom. The van der Waals surface area contributed by atoms with Crippen molar-refractivity contribution in [2.45, 2.75) is 51.2 Å². The van der Waals surface area contributed by atoms with Gasteiger partial charge in [0.2, 0.25) is 0 Å². The molecule has 1 nitrogen and oxygen atoms in total. The Balaban J connectivity index is 2.04. The molecule has 0 bridgehead atoms. The summed E-state index contributed by atoms with van der Waals surface area (Å²) in [5, 5.41) is 0. The summed E-state index contributed by atoms with van der Waals surface area (Å²) < 4.78 is 5.91. The first kappa shape index (κ1) is 9.01. The minimum atomic E-state index is -0.0526. The van der Waals surface area contributed by atoms with Crippen molar-refractivity contribution in [1.29, 1.82) is 0 Å². The van der Waals surface area contributed by atoms with Gasteiger partial charge in [-0.25, -0.2) is 0 Å². The molecule has 0 aromatic carbocycles. The van der Waals surface area contributed by atoms with Gasteiger partial charge in [-0.1, -0.05) is 18.2 Å². The lowest BCUT2D eigenvalue weighted by molar-refractivity contribution is 0.0163. The fraction of sp³-hybridized carbons (Fsp3) is 0.667. The lowest BCUT2D eigenvalue weighted by Gasteiger charge is -2.23. The first-order valence-electron chi connectivity index (χ1n) is 5.23. The van der Waals surface area contributed by atoms with Crippen LogP contribution in [0.4, 0.5) is 0 Å². The molecule has 0 radical (unpaired) electrons. The highest BCUT2D eigenvalue weighted by atomic mass is 16.5. The molecule has 0 aromatic rings. The maximum absolute atomic E-state index is 5.91. The minimum Gasteiger partial charge on any atom is -0.360 e. The van der Waals surface area contributed by atoms with Gasteiger partial charge in [-0.05, 0) is 45.1 Å². The van der Waals surface area contributed by atoms with Crippen LogP contribution in [0.3, 0.4) is 0 Å². The average Bonchev–Trinajstić information content (AvgIpc) is 2.48. The van der Waals surface area contributed by atoms with E-state index in [1.165, 1.54) is 31.3 Å². The Kier molecular flexibility index (Phi) is 2.29. The molecule has 0 unspecified atom stereocenters. The van der Waals surface area contributed by atoms with Crippen LogP contribution in [0.5, 0.6) is 0 Å². The number of hydrogen-bond acceptors (Lipinski definition) is 1. The quantitative estimate of drug-likeness (QED) is 0.560. The second-order valence-corrected chi connectivity index (χ2v) is 4.53. The van der Waals surface area contributed by atoms with Crippen LogP contribution in [0.2, 0.25) is 0 Å². The summed E-state index contributed by atoms with van der Waals surface area (Å²) in [6, 6.07) is 0. The number of allylic oxidation sites excluding steroid dienone is 1. The number of hydrogen-bond donors (Lipinski definition) is 0. The van der Waals surface area contributed by atoms with Crippen molar-refractivity contribution < 1.29 is 4.74 Å². The van der Waals surface area contributed by atoms with Crippen LogP contribution in [0.15, 0.2) is 23.8 Å². The molecule has 0 N–H and O–H groups in total. The van der Waals surface area contributed by atoms with Gasteiger partial charge in [0.15, 0.2) is 0 Å². The van der Waals surface area contributed by atoms with Gasteiger partial charge in [0.1, 0.15) is 0 Å². The molecule has 72 valence electrons. The Hall–Kier alpha value is -0.560. The van der Waals surface area contributed by atoms with Gasteiger partial charge in [-0.3, -0.25) is 0 Å². The van der Waals surface area contributed by atoms with Gasteiger partial charge < -0.3 is 4.74 Å². The molecule has 0 fully saturated rings. The van der Waals surface area contributed by atoms with E-state index in [2.05, 4.69) is 32.1 Å². The van der Waals surface area contributed by atoms with Gasteiger partial charge in [0, 0.05) is 0 Å². The zero-order valence-corrected chi connectivity index (χ0v) is 8.55. The van der Waals surface area contributed by atoms with Gasteiger partial charge in [-0.2, -0.15) is 0 Å². The second kappa shape index (κ2) is 3.30. The van der Waals surface area contributed by atoms with Crippen LogP contribution in [0.25, 0.3) is 0 Å². The van der Waals surface area contributed by atoms with Gasteiger partial charge in [-0.15, -0.1) is 0 Å². The lowest BCUT2D eigenvalue weighted by Crippen LogP contribution is -2.22. The molecule has 0 saturated carbocycles. The topological polar surface area (TPSA) is 9.23 Å². The van der Waals surface area contributed by atoms with Gasteiger partial charge in [0.25, 0.3) is 0 Å². The Bertz CT molecular complexity index is 248. The normalized spacial score (nSPS) is 31.8. The number of ether oxygens (including phenoxy) is 1. The molecule has 13 heavy (non-hydrogen) atoms. The van der Waals surface area contributed by atoms with Crippen molar-refractivity contribution in [3.8, 4) is 0 Å². The van der Waals surface area contributed by atoms with Gasteiger partial charge >= 0.3 is 0 Å². The highest BCUT2D eigenvalue weighted by molar-refractivity contribution is 5.23. The monoisotopic (exact) mass is 178 g/mol. The highest BCUT2D eigenvalue weighted by Crippen LogP contribution is 2.30. The van der Waals surface area contributed by atoms with Crippen molar-refractivity contribution in [3.05, 3.63) is 23.8 Å². The Morgan fingerprint density at radius 3 is 2.77 bits per heavy atom. The van der Waals surface area contributed by atoms with E-state index in [1.807, 2.05) is 0 Å². The van der Waals surface area contributed by atoms with Crippen LogP contribution < -0.4 is 0 Å². The predicted octanol–water partition coefficient (Wildman–Crippen LogP) is 3.22. The van der Waals surface area contributed by atoms with E-state index in [-0.39, 0.29) is 11.7 Å². The van der Waals surface area contributed by atoms with Crippen LogP contribution in [-0.4, -0.2) is 11.7 Å². The van der Waals surface area contributed by atoms with Crippen molar-refractivity contribution >= 4 is 0 Å². The average molecular weight is 178 g/mol. The molecule has 0 spiro atoms. The van der Waals surface area contributed by atoms with E-state index < -0.39 is 0 Å². The minimum absolute atomic E-state index is 0.0526. The molecular formula is C12H18O. The SMILES string of the molecule is CC1(C)C=C[C@H](C2=CCCCC2)O1. The summed E-state index contributed by atoms with van der Waals surface area (Å²) in [6.07, 6.45) is 12.2. The molecule has 1 heteroatoms. The van der Waals surface area contributed by atoms with E-state index in [1.54, 1.807) is 0 Å². The van der Waals surface area contributed by atoms with E-state index in [4.69, 9.17) is 4.74 Å². The summed E-state index contributed by atoms with van der Waals surface area (Å²) in [4.78, 5) is 0. The summed E-state index contributed by atoms with van der Waals surface area (Å²) in [5.41, 5.74) is 1.44. The van der Waals surface area contributed by atoms with E-state index in [9.17, 15) is 0 Å². The molecule has 0 aromatic heterocycles. The third-order valence-corrected chi connectivity index (χ3v) is 2.79. The summed E-state index contributed by atoms with van der Waals surface area (Å²) in [6.45, 7) is 4.24. The fourth-order valence-corrected chi connectivity index (χ4v) is 2.05. The third kappa shape index (κ3) is 2.02. The molecule has 2 aliphatic rings. The van der Waals surface area contributed by atoms with E-state index in [0.717, 1.165) is 0 Å². The smallest absolute Gasteiger partial charge is 0.0979 e. The van der Waals surface area contributed by atoms with Crippen molar-refractivity contribution in [2.75, 3.05) is 0 Å². The molecule has 1 atom stereocenters. The summed E-state index contributed by atoms with van der Waals surface area (Å²) >= 11 is 0. The molecular weight excluding hydrogens is 160 g/mol. The van der Waals surface area contributed by atoms with Gasteiger partial charge in [0.05, 0.1) is 11.7 Å². The van der Waals surface area contributed by atoms with Crippen molar-refractivity contribution in [1.82, 2.24) is 0 Å². The standard InChI is InChI=1S/C12H18O/c1-12(2)9-8-11(13-12)10-6-4-3-5-7-10/h6,8-9,11H,3-5,7H2,1-2H3/t11-/m1/s1. The summed E-state index contributed by atoms with van der Waals surface area (Å²) in [7, 11) is 0. The van der Waals surface area contributed by atoms with Crippen LogP contribution in [0.1, 0.15) is 39.5 Å². The third-order valence-electron chi connectivity index (χ3n) is 2.79. The molecule has 1 heterocycles. The molecule has 0 amide bonds. The Labute approximate surface area is 80.5 Å². The predicted molar refractivity (Wildman–Crippen MR) is 54.6 cm³/mol. The molecule has 2 rings (SSSR count). The zero-order chi connectivity index (χ0) is 9.31. The van der Waals surface area contributed by atoms with E-state index in [0.29, 0.717) is 0 Å². The zero-order valence-electron chi connectivity index (χ0n) is 8.55. The van der Waals surface area contributed by atoms with Crippen LogP contribution in [-0.2, 0) is 4.74 Å². The Morgan fingerprint density at radius 1 is 1.38 bits per heavy atom. The maximum Gasteiger partial charge on any atom is 0.0979 e. The fourth-order valence-electron chi connectivity index (χ4n) is 2.05. The van der Waals surface area contributed by atoms with Crippen molar-refractivity contribution in [2.24, 2.45) is 0 Å². The van der Waals surface area contributed by atoms with Crippen LogP contribution >= 0.6 is 0 Å². The largest absolute Gasteiger partial charge is 0.360 e. The second-order valence-electron chi connectivity index (χ2n) is 4.53. The summed E-state index contributed by atoms with van der Waals surface area (Å²) in [5.74, 6) is 0. The molecule has 1 aliphatic carbocycles. The highest BCUT2D eigenvalue weighted by Gasteiger charge is 2.28. The van der Waals surface area contributed by atoms with Crippen LogP contribution in [0, 0.1) is 0 Å². The maximum atomic E-state index is 5.91. The van der Waals surface area contributed by atoms with Crippen molar-refractivity contribution in [3.63, 3.8) is 0 Å². The number of rotatable bonds is 1. The first-order valence-corrected chi connectivity index (χ1v) is 5.23. The lowest BCUT2D eigenvalue weighted by atomic mass is 9.95. The first-order chi connectivity index (χ1) is 6.17. The van der Waals surface area contributed by atoms with E-state index >= 15 is 0 Å². The molecule has 0 saturated heterocycles.